The molecule has 0 bridgehead atoms. The van der Waals surface area contributed by atoms with Gasteiger partial charge >= 0.3 is 0 Å². The van der Waals surface area contributed by atoms with Gasteiger partial charge in [0.1, 0.15) is 0 Å². The highest BCUT2D eigenvalue weighted by molar-refractivity contribution is 4.76. The van der Waals surface area contributed by atoms with E-state index in [0.29, 0.717) is 5.70 Å². The van der Waals surface area contributed by atoms with Crippen LogP contribution >= 0.6 is 0 Å². The molecule has 0 aromatic heterocycles. The van der Waals surface area contributed by atoms with Gasteiger partial charge in [0.2, 0.25) is 0 Å². The summed E-state index contributed by atoms with van der Waals surface area (Å²) in [5, 5.41) is 19.3. The standard InChI is InChI=1S/C3H6N2O3/c1-3-2-4(6)8-5(3)7/h2,4-5H,1H3. The van der Waals surface area contributed by atoms with Crippen molar-refractivity contribution in [2.75, 3.05) is 0 Å². The molecule has 0 saturated carbocycles. The zero-order valence-electron chi connectivity index (χ0n) is 4.30. The summed E-state index contributed by atoms with van der Waals surface area (Å²) in [6.07, 6.45) is 1.17. The minimum Gasteiger partial charge on any atom is -0.591 e. The Kier molecular flexibility index (Phi) is 1.28. The van der Waals surface area contributed by atoms with Crippen molar-refractivity contribution in [3.63, 3.8) is 0 Å². The van der Waals surface area contributed by atoms with Crippen LogP contribution in [0.1, 0.15) is 6.92 Å². The maximum absolute atomic E-state index is 10.3. The third kappa shape index (κ3) is 0.857. The van der Waals surface area contributed by atoms with E-state index in [1.54, 1.807) is 0 Å². The smallest absolute Gasteiger partial charge is 0.199 e. The maximum Gasteiger partial charge on any atom is 0.199 e. The second-order valence-corrected chi connectivity index (χ2v) is 1.54. The Hall–Kier alpha value is -0.460. The molecule has 1 aliphatic rings. The van der Waals surface area contributed by atoms with E-state index < -0.39 is 10.5 Å². The van der Waals surface area contributed by atoms with Crippen LogP contribution in [0.15, 0.2) is 11.9 Å². The van der Waals surface area contributed by atoms with E-state index in [9.17, 15) is 10.4 Å². The second-order valence-electron chi connectivity index (χ2n) is 1.54. The Morgan fingerprint density at radius 1 is 1.62 bits per heavy atom. The molecule has 5 nitrogen and oxygen atoms in total. The predicted octanol–water partition coefficient (Wildman–Crippen LogP) is -2.53. The van der Waals surface area contributed by atoms with E-state index in [0.717, 1.165) is 0 Å². The number of rotatable bonds is 0. The lowest BCUT2D eigenvalue weighted by Crippen LogP contribution is -3.17. The first kappa shape index (κ1) is 5.67. The van der Waals surface area contributed by atoms with Crippen molar-refractivity contribution in [2.24, 2.45) is 0 Å². The lowest BCUT2D eigenvalue weighted by Gasteiger charge is -2.11. The predicted molar refractivity (Wildman–Crippen MR) is 23.5 cm³/mol. The first-order valence-corrected chi connectivity index (χ1v) is 2.14. The zero-order chi connectivity index (χ0) is 6.15. The fraction of sp³-hybridized carbons (Fsp3) is 0.333. The number of hydroxylamine groups is 4. The summed E-state index contributed by atoms with van der Waals surface area (Å²) >= 11 is 0. The van der Waals surface area contributed by atoms with E-state index in [1.165, 1.54) is 13.1 Å². The van der Waals surface area contributed by atoms with Gasteiger partial charge in [-0.3, -0.25) is 0 Å². The molecular formula is C3H6N2O3. The number of quaternary nitrogens is 2. The van der Waals surface area contributed by atoms with Gasteiger partial charge in [0, 0.05) is 11.9 Å². The molecule has 0 spiro atoms. The first-order chi connectivity index (χ1) is 3.70. The molecule has 0 aromatic carbocycles. The van der Waals surface area contributed by atoms with Gasteiger partial charge in [-0.1, -0.05) is 0 Å². The average molecular weight is 118 g/mol. The van der Waals surface area contributed by atoms with Crippen molar-refractivity contribution >= 4 is 0 Å². The van der Waals surface area contributed by atoms with Crippen LogP contribution in [0.25, 0.3) is 0 Å². The molecule has 0 radical (unpaired) electrons. The van der Waals surface area contributed by atoms with E-state index in [4.69, 9.17) is 0 Å². The van der Waals surface area contributed by atoms with Gasteiger partial charge < -0.3 is 10.4 Å². The third-order valence-electron chi connectivity index (χ3n) is 0.850. The molecule has 0 amide bonds. The molecule has 0 saturated heterocycles. The molecule has 1 aliphatic heterocycles. The molecule has 2 N–H and O–H groups in total. The van der Waals surface area contributed by atoms with Crippen LogP contribution in [-0.2, 0) is 4.94 Å². The Morgan fingerprint density at radius 3 is 2.38 bits per heavy atom. The fourth-order valence-electron chi connectivity index (χ4n) is 0.437. The van der Waals surface area contributed by atoms with Crippen LogP contribution in [0.4, 0.5) is 0 Å². The molecule has 0 aliphatic carbocycles. The number of hydrogen-bond donors (Lipinski definition) is 2. The van der Waals surface area contributed by atoms with Crippen molar-refractivity contribution in [3.8, 4) is 0 Å². The van der Waals surface area contributed by atoms with Gasteiger partial charge in [0.15, 0.2) is 11.9 Å². The molecule has 8 heavy (non-hydrogen) atoms. The van der Waals surface area contributed by atoms with Crippen molar-refractivity contribution in [1.29, 1.82) is 0 Å². The van der Waals surface area contributed by atoms with Crippen molar-refractivity contribution < 1.29 is 15.4 Å². The fourth-order valence-corrected chi connectivity index (χ4v) is 0.437. The van der Waals surface area contributed by atoms with Gasteiger partial charge in [0.05, 0.1) is 0 Å². The van der Waals surface area contributed by atoms with Gasteiger partial charge in [0.25, 0.3) is 0 Å². The van der Waals surface area contributed by atoms with Crippen LogP contribution in [0, 0.1) is 10.4 Å². The minimum absolute atomic E-state index is 0.370. The van der Waals surface area contributed by atoms with Crippen LogP contribution < -0.4 is 10.5 Å². The summed E-state index contributed by atoms with van der Waals surface area (Å²) in [6, 6.07) is 0. The highest BCUT2D eigenvalue weighted by Gasteiger charge is 2.16. The molecule has 0 aromatic rings. The van der Waals surface area contributed by atoms with Crippen molar-refractivity contribution in [1.82, 2.24) is 0 Å². The maximum atomic E-state index is 10.3. The quantitative estimate of drug-likeness (QED) is 0.345. The Balaban J connectivity index is 2.59. The van der Waals surface area contributed by atoms with Gasteiger partial charge in [-0.05, 0) is 0 Å². The number of allylic oxidation sites excluding steroid dienone is 1. The van der Waals surface area contributed by atoms with E-state index >= 15 is 0 Å². The summed E-state index contributed by atoms with van der Waals surface area (Å²) in [6.45, 7) is 1.53. The van der Waals surface area contributed by atoms with Crippen LogP contribution in [0.2, 0.25) is 0 Å². The topological polar surface area (TPSA) is 64.2 Å². The second kappa shape index (κ2) is 1.81. The Bertz CT molecular complexity index is 124. The van der Waals surface area contributed by atoms with Crippen LogP contribution in [0.5, 0.6) is 0 Å². The number of hydrogen-bond acceptors (Lipinski definition) is 3. The largest absolute Gasteiger partial charge is 0.591 e. The third-order valence-corrected chi connectivity index (χ3v) is 0.850. The minimum atomic E-state index is -0.562. The molecule has 2 unspecified atom stereocenters. The van der Waals surface area contributed by atoms with Gasteiger partial charge in [-0.15, -0.1) is 10.5 Å². The molecule has 2 atom stereocenters. The van der Waals surface area contributed by atoms with E-state index in [1.807, 2.05) is 0 Å². The lowest BCUT2D eigenvalue weighted by molar-refractivity contribution is -1.26. The monoisotopic (exact) mass is 118 g/mol. The normalized spacial score (nSPS) is 37.6. The van der Waals surface area contributed by atoms with Gasteiger partial charge in [-0.25, -0.2) is 0 Å². The molecule has 1 rings (SSSR count). The SMILES string of the molecule is CC1=C[NH+]([O-])O[NH+]1[O-]. The average Bonchev–Trinajstić information content (AvgIpc) is 1.85. The Labute approximate surface area is 45.8 Å². The summed E-state index contributed by atoms with van der Waals surface area (Å²) in [4.78, 5) is 4.10. The molecule has 0 fully saturated rings. The Morgan fingerprint density at radius 2 is 2.25 bits per heavy atom. The van der Waals surface area contributed by atoms with Crippen LogP contribution in [-0.4, -0.2) is 0 Å². The van der Waals surface area contributed by atoms with E-state index in [2.05, 4.69) is 4.94 Å². The van der Waals surface area contributed by atoms with E-state index in [-0.39, 0.29) is 0 Å². The van der Waals surface area contributed by atoms with Gasteiger partial charge in [-0.2, -0.15) is 0 Å². The molecule has 5 heteroatoms. The van der Waals surface area contributed by atoms with Crippen molar-refractivity contribution in [3.05, 3.63) is 22.3 Å². The number of nitrogens with one attached hydrogen (secondary N) is 2. The summed E-state index contributed by atoms with van der Waals surface area (Å²) in [5.41, 5.74) is 0.370. The highest BCUT2D eigenvalue weighted by atomic mass is 17.1. The van der Waals surface area contributed by atoms with Crippen molar-refractivity contribution in [2.45, 2.75) is 6.92 Å². The first-order valence-electron chi connectivity index (χ1n) is 2.14. The molecular weight excluding hydrogens is 112 g/mol. The summed E-state index contributed by atoms with van der Waals surface area (Å²) in [5.74, 6) is 0. The summed E-state index contributed by atoms with van der Waals surface area (Å²) in [7, 11) is 0. The molecule has 46 valence electrons. The zero-order valence-corrected chi connectivity index (χ0v) is 4.30. The lowest BCUT2D eigenvalue weighted by atomic mass is 10.6. The summed E-state index contributed by atoms with van der Waals surface area (Å²) < 4.78 is 0. The van der Waals surface area contributed by atoms with Crippen LogP contribution in [0.3, 0.4) is 0 Å². The molecule has 1 heterocycles. The highest BCUT2D eigenvalue weighted by Crippen LogP contribution is 1.74.